The minimum atomic E-state index is -1.46. The van der Waals surface area contributed by atoms with Gasteiger partial charge in [0.25, 0.3) is 0 Å². The van der Waals surface area contributed by atoms with E-state index in [2.05, 4.69) is 26.6 Å². The van der Waals surface area contributed by atoms with Gasteiger partial charge in [-0.3, -0.25) is 9.59 Å². The highest BCUT2D eigenvalue weighted by Gasteiger charge is 2.21. The lowest BCUT2D eigenvalue weighted by molar-refractivity contribution is -0.115. The number of anilines is 2. The molecule has 6 aromatic carbocycles. The van der Waals surface area contributed by atoms with Crippen LogP contribution in [0.3, 0.4) is 0 Å². The molecular weight excluding hydrogens is 733 g/mol. The molecule has 260 valence electrons. The van der Waals surface area contributed by atoms with Crippen LogP contribution in [-0.2, 0) is 22.4 Å². The quantitative estimate of drug-likeness (QED) is 0.105. The van der Waals surface area contributed by atoms with Crippen LogP contribution in [0.1, 0.15) is 11.1 Å². The monoisotopic (exact) mass is 762 g/mol. The fourth-order valence-corrected chi connectivity index (χ4v) is 6.18. The highest BCUT2D eigenvalue weighted by Crippen LogP contribution is 2.35. The van der Waals surface area contributed by atoms with E-state index in [-0.39, 0.29) is 41.4 Å². The second-order valence-corrected chi connectivity index (χ2v) is 12.8. The van der Waals surface area contributed by atoms with Gasteiger partial charge in [0.15, 0.2) is 0 Å². The summed E-state index contributed by atoms with van der Waals surface area (Å²) in [7, 11) is -1.46. The smallest absolute Gasteiger partial charge is 0.488 e. The maximum absolute atomic E-state index is 14.4. The van der Waals surface area contributed by atoms with Crippen LogP contribution in [0.2, 0.25) is 0 Å². The van der Waals surface area contributed by atoms with E-state index in [0.717, 1.165) is 38.9 Å². The molecule has 0 aliphatic carbocycles. The molecule has 52 heavy (non-hydrogen) atoms. The SMILES string of the molecule is O=C1Cc2cc(-c3ccc(-c4ccccc4O)cc3)c(F)cc2N1.O=C1Cc2cc(Br)c(F)cc2N1.OB(O)c1ccc(-c2ccccc2O)cc1. The number of hydrogen-bond donors (Lipinski definition) is 6. The summed E-state index contributed by atoms with van der Waals surface area (Å²) in [5, 5.41) is 42.7. The average Bonchev–Trinajstić information content (AvgIpc) is 3.68. The number of rotatable bonds is 4. The third kappa shape index (κ3) is 8.21. The Bertz CT molecular complexity index is 2250. The topological polar surface area (TPSA) is 139 Å². The van der Waals surface area contributed by atoms with Gasteiger partial charge in [-0.25, -0.2) is 8.78 Å². The molecule has 2 aliphatic heterocycles. The van der Waals surface area contributed by atoms with Crippen molar-refractivity contribution in [1.29, 1.82) is 0 Å². The van der Waals surface area contributed by atoms with Crippen molar-refractivity contribution in [3.63, 3.8) is 0 Å². The average molecular weight is 763 g/mol. The van der Waals surface area contributed by atoms with Crippen molar-refractivity contribution in [3.8, 4) is 44.9 Å². The third-order valence-electron chi connectivity index (χ3n) is 8.42. The van der Waals surface area contributed by atoms with Gasteiger partial charge in [-0.05, 0) is 85.6 Å². The van der Waals surface area contributed by atoms with Crippen LogP contribution in [0.4, 0.5) is 20.2 Å². The number of nitrogens with one attached hydrogen (secondary N) is 2. The van der Waals surface area contributed by atoms with Crippen molar-refractivity contribution in [2.24, 2.45) is 0 Å². The maximum Gasteiger partial charge on any atom is 0.488 e. The standard InChI is InChI=1S/C20H14FNO2.C12H11BO3.C8H5BrFNO/c21-17-11-18-14(10-20(24)22-18)9-16(17)13-7-5-12(6-8-13)15-3-1-2-4-19(15)23;14-12-4-2-1-3-11(12)9-5-7-10(8-6-9)13(15)16;9-5-1-4-2-8(12)11-7(4)3-6(5)10/h1-9,11,23H,10H2,(H,22,24);1-8,14-16H;1,3H,2H2,(H,11,12). The van der Waals surface area contributed by atoms with Crippen LogP contribution in [0, 0.1) is 11.6 Å². The Balaban J connectivity index is 0.000000143. The van der Waals surface area contributed by atoms with Crippen LogP contribution in [0.25, 0.3) is 33.4 Å². The van der Waals surface area contributed by atoms with Crippen LogP contribution < -0.4 is 16.1 Å². The van der Waals surface area contributed by atoms with E-state index in [1.165, 1.54) is 12.1 Å². The highest BCUT2D eigenvalue weighted by molar-refractivity contribution is 9.10. The van der Waals surface area contributed by atoms with Crippen LogP contribution in [0.5, 0.6) is 11.5 Å². The molecule has 0 fully saturated rings. The number of phenols is 2. The number of aromatic hydroxyl groups is 2. The Kier molecular flexibility index (Phi) is 10.8. The van der Waals surface area contributed by atoms with Crippen molar-refractivity contribution in [2.75, 3.05) is 10.6 Å². The van der Waals surface area contributed by atoms with Crippen molar-refractivity contribution in [1.82, 2.24) is 0 Å². The molecule has 6 N–H and O–H groups in total. The van der Waals surface area contributed by atoms with E-state index in [4.69, 9.17) is 10.0 Å². The maximum atomic E-state index is 14.4. The number of amides is 2. The Morgan fingerprint density at radius 3 is 1.46 bits per heavy atom. The number of fused-ring (bicyclic) bond motifs is 2. The Labute approximate surface area is 306 Å². The van der Waals surface area contributed by atoms with Crippen molar-refractivity contribution in [2.45, 2.75) is 12.8 Å². The predicted molar refractivity (Wildman–Crippen MR) is 201 cm³/mol. The second-order valence-electron chi connectivity index (χ2n) is 12.0. The van der Waals surface area contributed by atoms with E-state index in [9.17, 15) is 28.6 Å². The molecule has 8 nitrogen and oxygen atoms in total. The van der Waals surface area contributed by atoms with Gasteiger partial charge in [-0.2, -0.15) is 0 Å². The van der Waals surface area contributed by atoms with E-state index in [1.54, 1.807) is 66.7 Å². The number of phenolic OH excluding ortho intramolecular Hbond substituents is 2. The first-order chi connectivity index (χ1) is 25.0. The Hall–Kier alpha value is -5.82. The second kappa shape index (κ2) is 15.6. The van der Waals surface area contributed by atoms with E-state index in [0.29, 0.717) is 33.3 Å². The van der Waals surface area contributed by atoms with Gasteiger partial charge >= 0.3 is 7.12 Å². The molecule has 2 aliphatic rings. The molecule has 0 spiro atoms. The van der Waals surface area contributed by atoms with Gasteiger partial charge in [0, 0.05) is 28.1 Å². The van der Waals surface area contributed by atoms with Crippen LogP contribution in [0.15, 0.2) is 126 Å². The summed E-state index contributed by atoms with van der Waals surface area (Å²) >= 11 is 3.05. The van der Waals surface area contributed by atoms with Crippen molar-refractivity contribution >= 4 is 51.7 Å². The molecule has 0 atom stereocenters. The number of halogens is 3. The van der Waals surface area contributed by atoms with Gasteiger partial charge in [-0.1, -0.05) is 84.9 Å². The Morgan fingerprint density at radius 1 is 0.558 bits per heavy atom. The molecule has 0 bridgehead atoms. The molecule has 0 radical (unpaired) electrons. The fraction of sp³-hybridized carbons (Fsp3) is 0.0500. The normalized spacial score (nSPS) is 12.3. The summed E-state index contributed by atoms with van der Waals surface area (Å²) in [6.07, 6.45) is 0.618. The molecule has 0 saturated heterocycles. The first kappa shape index (κ1) is 36.0. The van der Waals surface area contributed by atoms with Gasteiger partial charge < -0.3 is 30.9 Å². The molecule has 0 unspecified atom stereocenters. The molecule has 6 aromatic rings. The first-order valence-electron chi connectivity index (χ1n) is 16.0. The molecular formula is C40H30BBrF2N2O6. The summed E-state index contributed by atoms with van der Waals surface area (Å²) in [4.78, 5) is 22.3. The van der Waals surface area contributed by atoms with Gasteiger partial charge in [0.1, 0.15) is 23.1 Å². The van der Waals surface area contributed by atoms with Gasteiger partial charge in [-0.15, -0.1) is 0 Å². The molecule has 0 aromatic heterocycles. The number of hydrogen-bond acceptors (Lipinski definition) is 6. The zero-order valence-corrected chi connectivity index (χ0v) is 28.9. The Morgan fingerprint density at radius 2 is 0.981 bits per heavy atom. The van der Waals surface area contributed by atoms with E-state index in [1.807, 2.05) is 42.5 Å². The lowest BCUT2D eigenvalue weighted by Gasteiger charge is -2.09. The lowest BCUT2D eigenvalue weighted by Crippen LogP contribution is -2.29. The largest absolute Gasteiger partial charge is 0.507 e. The van der Waals surface area contributed by atoms with Crippen LogP contribution >= 0.6 is 15.9 Å². The zero-order chi connectivity index (χ0) is 36.9. The van der Waals surface area contributed by atoms with E-state index < -0.39 is 7.12 Å². The summed E-state index contributed by atoms with van der Waals surface area (Å²) in [6.45, 7) is 0. The molecule has 0 saturated carbocycles. The summed E-state index contributed by atoms with van der Waals surface area (Å²) in [5.74, 6) is -0.500. The minimum absolute atomic E-state index is 0.0810. The minimum Gasteiger partial charge on any atom is -0.507 e. The van der Waals surface area contributed by atoms with E-state index >= 15 is 0 Å². The highest BCUT2D eigenvalue weighted by atomic mass is 79.9. The van der Waals surface area contributed by atoms with Crippen molar-refractivity contribution < 1.29 is 38.6 Å². The summed E-state index contributed by atoms with van der Waals surface area (Å²) < 4.78 is 27.7. The van der Waals surface area contributed by atoms with Gasteiger partial charge in [0.05, 0.1) is 17.3 Å². The third-order valence-corrected chi connectivity index (χ3v) is 9.03. The number of carbonyl (C=O) groups is 2. The molecule has 8 rings (SSSR count). The fourth-order valence-electron chi connectivity index (χ4n) is 5.79. The summed E-state index contributed by atoms with van der Waals surface area (Å²) in [6, 6.07) is 34.2. The zero-order valence-electron chi connectivity index (χ0n) is 27.3. The summed E-state index contributed by atoms with van der Waals surface area (Å²) in [5.41, 5.74) is 7.55. The molecule has 2 amide bonds. The lowest BCUT2D eigenvalue weighted by atomic mass is 9.80. The van der Waals surface area contributed by atoms with Crippen molar-refractivity contribution in [3.05, 3.63) is 149 Å². The number of carbonyl (C=O) groups excluding carboxylic acids is 2. The predicted octanol–water partition coefficient (Wildman–Crippen LogP) is 7.18. The first-order valence-corrected chi connectivity index (χ1v) is 16.8. The number of para-hydroxylation sites is 2. The van der Waals surface area contributed by atoms with Crippen LogP contribution in [-0.4, -0.2) is 39.2 Å². The molecule has 2 heterocycles. The number of benzene rings is 6. The van der Waals surface area contributed by atoms with Gasteiger partial charge in [0.2, 0.25) is 11.8 Å². The molecule has 12 heteroatoms.